The molecule has 1 fully saturated rings. The fourth-order valence-electron chi connectivity index (χ4n) is 2.58. The summed E-state index contributed by atoms with van der Waals surface area (Å²) in [7, 11) is 0. The summed E-state index contributed by atoms with van der Waals surface area (Å²) < 4.78 is 0. The second kappa shape index (κ2) is 5.61. The fraction of sp³-hybridized carbons (Fsp3) is 0.400. The lowest BCUT2D eigenvalue weighted by atomic mass is 10.1. The number of nitrogens with zero attached hydrogens (tertiary/aromatic N) is 1. The molecule has 2 aromatic rings. The molecule has 3 rings (SSSR count). The Hall–Kier alpha value is -0.900. The molecule has 0 radical (unpaired) electrons. The molecule has 1 aromatic carbocycles. The van der Waals surface area contributed by atoms with E-state index in [0.717, 1.165) is 29.2 Å². The molecule has 1 aliphatic rings. The number of aryl methyl sites for hydroxylation is 1. The highest BCUT2D eigenvalue weighted by Gasteiger charge is 2.17. The zero-order valence-corrected chi connectivity index (χ0v) is 12.5. The van der Waals surface area contributed by atoms with Crippen molar-refractivity contribution in [1.82, 2.24) is 10.3 Å². The average Bonchev–Trinajstić information content (AvgIpc) is 3.00. The van der Waals surface area contributed by atoms with Crippen LogP contribution in [0, 0.1) is 6.92 Å². The lowest BCUT2D eigenvalue weighted by molar-refractivity contribution is 0.601. The zero-order valence-electron chi connectivity index (χ0n) is 10.9. The van der Waals surface area contributed by atoms with Gasteiger partial charge in [-0.15, -0.1) is 11.3 Å². The first-order valence-corrected chi connectivity index (χ1v) is 7.87. The van der Waals surface area contributed by atoms with Gasteiger partial charge in [0.15, 0.2) is 0 Å². The average molecular weight is 293 g/mol. The van der Waals surface area contributed by atoms with Gasteiger partial charge in [0.25, 0.3) is 0 Å². The summed E-state index contributed by atoms with van der Waals surface area (Å²) in [6.07, 6.45) is 3.60. The van der Waals surface area contributed by atoms with Crippen molar-refractivity contribution in [3.63, 3.8) is 0 Å². The monoisotopic (exact) mass is 292 g/mol. The van der Waals surface area contributed by atoms with Gasteiger partial charge in [0, 0.05) is 27.9 Å². The number of nitrogens with one attached hydrogen (secondary N) is 1. The summed E-state index contributed by atoms with van der Waals surface area (Å²) in [6.45, 7) is 3.29. The van der Waals surface area contributed by atoms with Crippen LogP contribution in [-0.2, 0) is 6.42 Å². The van der Waals surface area contributed by atoms with Crippen LogP contribution in [0.1, 0.15) is 22.7 Å². The summed E-state index contributed by atoms with van der Waals surface area (Å²) in [6, 6.07) is 8.55. The Balaban J connectivity index is 1.84. The number of hydrogen-bond acceptors (Lipinski definition) is 3. The predicted octanol–water partition coefficient (Wildman–Crippen LogP) is 4.07. The molecule has 19 heavy (non-hydrogen) atoms. The number of benzene rings is 1. The number of aromatic nitrogens is 1. The number of hydrogen-bond donors (Lipinski definition) is 1. The molecule has 0 aliphatic carbocycles. The van der Waals surface area contributed by atoms with Crippen molar-refractivity contribution in [1.29, 1.82) is 0 Å². The third-order valence-corrected chi connectivity index (χ3v) is 4.75. The van der Waals surface area contributed by atoms with E-state index in [1.807, 2.05) is 29.5 Å². The maximum absolute atomic E-state index is 6.06. The van der Waals surface area contributed by atoms with Crippen molar-refractivity contribution in [3.05, 3.63) is 39.2 Å². The summed E-state index contributed by atoms with van der Waals surface area (Å²) in [5.41, 5.74) is 2.20. The van der Waals surface area contributed by atoms with E-state index < -0.39 is 0 Å². The largest absolute Gasteiger partial charge is 0.314 e. The van der Waals surface area contributed by atoms with Crippen LogP contribution in [0.25, 0.3) is 11.3 Å². The van der Waals surface area contributed by atoms with Crippen molar-refractivity contribution < 1.29 is 0 Å². The van der Waals surface area contributed by atoms with Crippen molar-refractivity contribution in [2.75, 3.05) is 6.54 Å². The molecular weight excluding hydrogens is 276 g/mol. The van der Waals surface area contributed by atoms with Crippen molar-refractivity contribution >= 4 is 22.9 Å². The normalized spacial score (nSPS) is 18.9. The van der Waals surface area contributed by atoms with Gasteiger partial charge in [0.05, 0.1) is 10.7 Å². The molecule has 4 heteroatoms. The van der Waals surface area contributed by atoms with Crippen LogP contribution in [-0.4, -0.2) is 17.6 Å². The molecule has 1 aromatic heterocycles. The zero-order chi connectivity index (χ0) is 13.2. The number of rotatable bonds is 3. The van der Waals surface area contributed by atoms with Gasteiger partial charge >= 0.3 is 0 Å². The summed E-state index contributed by atoms with van der Waals surface area (Å²) >= 11 is 7.86. The molecule has 1 N–H and O–H groups in total. The molecule has 0 saturated carbocycles. The molecule has 2 heterocycles. The molecule has 1 unspecified atom stereocenters. The van der Waals surface area contributed by atoms with Crippen molar-refractivity contribution in [3.8, 4) is 11.3 Å². The molecule has 1 saturated heterocycles. The Bertz CT molecular complexity index is 573. The van der Waals surface area contributed by atoms with Crippen LogP contribution in [0.4, 0.5) is 0 Å². The van der Waals surface area contributed by atoms with E-state index in [0.29, 0.717) is 6.04 Å². The van der Waals surface area contributed by atoms with E-state index >= 15 is 0 Å². The van der Waals surface area contributed by atoms with Crippen LogP contribution in [0.15, 0.2) is 24.3 Å². The summed E-state index contributed by atoms with van der Waals surface area (Å²) in [5.74, 6) is 0. The molecule has 0 spiro atoms. The van der Waals surface area contributed by atoms with E-state index in [1.165, 1.54) is 22.7 Å². The second-order valence-electron chi connectivity index (χ2n) is 5.02. The fourth-order valence-corrected chi connectivity index (χ4v) is 3.81. The van der Waals surface area contributed by atoms with Gasteiger partial charge < -0.3 is 5.32 Å². The topological polar surface area (TPSA) is 24.9 Å². The minimum Gasteiger partial charge on any atom is -0.314 e. The Kier molecular flexibility index (Phi) is 3.87. The minimum atomic E-state index is 0.609. The Morgan fingerprint density at radius 3 is 3.11 bits per heavy atom. The van der Waals surface area contributed by atoms with E-state index in [-0.39, 0.29) is 0 Å². The highest BCUT2D eigenvalue weighted by molar-refractivity contribution is 7.12. The molecule has 0 bridgehead atoms. The van der Waals surface area contributed by atoms with Gasteiger partial charge in [-0.2, -0.15) is 0 Å². The van der Waals surface area contributed by atoms with Crippen LogP contribution in [0.5, 0.6) is 0 Å². The minimum absolute atomic E-state index is 0.609. The van der Waals surface area contributed by atoms with E-state index in [9.17, 15) is 0 Å². The molecule has 1 atom stereocenters. The van der Waals surface area contributed by atoms with Crippen LogP contribution in [0.2, 0.25) is 5.02 Å². The van der Waals surface area contributed by atoms with Gasteiger partial charge in [-0.3, -0.25) is 0 Å². The predicted molar refractivity (Wildman–Crippen MR) is 82.0 cm³/mol. The lowest BCUT2D eigenvalue weighted by Crippen LogP contribution is -2.23. The lowest BCUT2D eigenvalue weighted by Gasteiger charge is -2.06. The highest BCUT2D eigenvalue weighted by Crippen LogP contribution is 2.30. The summed E-state index contributed by atoms with van der Waals surface area (Å²) in [5, 5.41) is 5.52. The van der Waals surface area contributed by atoms with Crippen molar-refractivity contribution in [2.45, 2.75) is 32.2 Å². The third-order valence-electron chi connectivity index (χ3n) is 3.52. The van der Waals surface area contributed by atoms with E-state index in [2.05, 4.69) is 18.3 Å². The maximum atomic E-state index is 6.06. The third kappa shape index (κ3) is 2.99. The summed E-state index contributed by atoms with van der Waals surface area (Å²) in [4.78, 5) is 6.08. The smallest absolute Gasteiger partial charge is 0.0950 e. The highest BCUT2D eigenvalue weighted by atomic mass is 35.5. The Morgan fingerprint density at radius 2 is 2.37 bits per heavy atom. The first-order chi connectivity index (χ1) is 9.22. The van der Waals surface area contributed by atoms with Crippen molar-refractivity contribution in [2.24, 2.45) is 0 Å². The molecule has 2 nitrogen and oxygen atoms in total. The second-order valence-corrected chi connectivity index (χ2v) is 6.74. The molecule has 100 valence electrons. The van der Waals surface area contributed by atoms with Crippen LogP contribution >= 0.6 is 22.9 Å². The van der Waals surface area contributed by atoms with E-state index in [1.54, 1.807) is 0 Å². The van der Waals surface area contributed by atoms with Crippen LogP contribution in [0.3, 0.4) is 0 Å². The quantitative estimate of drug-likeness (QED) is 0.922. The first-order valence-electron chi connectivity index (χ1n) is 6.68. The molecule has 1 aliphatic heterocycles. The van der Waals surface area contributed by atoms with E-state index in [4.69, 9.17) is 16.6 Å². The maximum Gasteiger partial charge on any atom is 0.0950 e. The Labute approximate surface area is 122 Å². The molecule has 0 amide bonds. The van der Waals surface area contributed by atoms with Gasteiger partial charge in [-0.1, -0.05) is 23.7 Å². The van der Waals surface area contributed by atoms with Gasteiger partial charge in [0.2, 0.25) is 0 Å². The van der Waals surface area contributed by atoms with Crippen LogP contribution < -0.4 is 5.32 Å². The molecular formula is C15H17ClN2S. The van der Waals surface area contributed by atoms with Gasteiger partial charge in [0.1, 0.15) is 0 Å². The number of halogens is 1. The standard InChI is InChI=1S/C15H17ClN2S/c1-10-15(11-4-2-5-12(16)8-11)18-14(19-10)9-13-6-3-7-17-13/h2,4-5,8,13,17H,3,6-7,9H2,1H3. The first kappa shape index (κ1) is 13.1. The SMILES string of the molecule is Cc1sc(CC2CCCN2)nc1-c1cccc(Cl)c1. The Morgan fingerprint density at radius 1 is 1.47 bits per heavy atom. The van der Waals surface area contributed by atoms with Gasteiger partial charge in [-0.05, 0) is 38.4 Å². The van der Waals surface area contributed by atoms with Gasteiger partial charge in [-0.25, -0.2) is 4.98 Å². The number of thiazole rings is 1.